The summed E-state index contributed by atoms with van der Waals surface area (Å²) in [6.07, 6.45) is 4.97. The van der Waals surface area contributed by atoms with E-state index in [-0.39, 0.29) is 18.4 Å². The first-order valence-electron chi connectivity index (χ1n) is 7.22. The number of hydrogen-bond donors (Lipinski definition) is 1. The number of aliphatic carboxylic acids is 1. The van der Waals surface area contributed by atoms with Gasteiger partial charge in [-0.05, 0) is 18.2 Å². The summed E-state index contributed by atoms with van der Waals surface area (Å²) in [6, 6.07) is 4.94. The fourth-order valence-electron chi connectivity index (χ4n) is 2.54. The molecule has 8 heteroatoms. The van der Waals surface area contributed by atoms with Gasteiger partial charge < -0.3 is 10.0 Å². The molecule has 1 unspecified atom stereocenters. The van der Waals surface area contributed by atoms with E-state index in [9.17, 15) is 9.59 Å². The minimum Gasteiger partial charge on any atom is -0.481 e. The third-order valence-electron chi connectivity index (χ3n) is 3.63. The fourth-order valence-corrected chi connectivity index (χ4v) is 3.60. The quantitative estimate of drug-likeness (QED) is 0.908. The lowest BCUT2D eigenvalue weighted by Crippen LogP contribution is -2.47. The molecule has 0 saturated carbocycles. The highest BCUT2D eigenvalue weighted by atomic mass is 32.2. The molecule has 0 aromatic carbocycles. The lowest BCUT2D eigenvalue weighted by atomic mass is 10.1. The Morgan fingerprint density at radius 3 is 3.00 bits per heavy atom. The lowest BCUT2D eigenvalue weighted by Gasteiger charge is -2.34. The fraction of sp³-hybridized carbons (Fsp3) is 0.333. The predicted octanol–water partition coefficient (Wildman–Crippen LogP) is 1.30. The highest BCUT2D eigenvalue weighted by Gasteiger charge is 2.30. The summed E-state index contributed by atoms with van der Waals surface area (Å²) < 4.78 is 1.65. The Labute approximate surface area is 137 Å². The van der Waals surface area contributed by atoms with Crippen LogP contribution in [0.15, 0.2) is 36.8 Å². The van der Waals surface area contributed by atoms with Crippen LogP contribution < -0.4 is 0 Å². The average molecular weight is 332 g/mol. The summed E-state index contributed by atoms with van der Waals surface area (Å²) in [5.74, 6) is 0.316. The van der Waals surface area contributed by atoms with Crippen LogP contribution in [-0.4, -0.2) is 60.7 Å². The maximum absolute atomic E-state index is 12.7. The van der Waals surface area contributed by atoms with E-state index in [1.54, 1.807) is 58.1 Å². The number of carbonyl (C=O) groups excluding carboxylic acids is 1. The predicted molar refractivity (Wildman–Crippen MR) is 85.8 cm³/mol. The molecule has 0 radical (unpaired) electrons. The second-order valence-electron chi connectivity index (χ2n) is 5.18. The normalized spacial score (nSPS) is 17.9. The molecule has 1 atom stereocenters. The van der Waals surface area contributed by atoms with Crippen LogP contribution in [0, 0.1) is 0 Å². The highest BCUT2D eigenvalue weighted by Crippen LogP contribution is 2.21. The Morgan fingerprint density at radius 1 is 1.39 bits per heavy atom. The van der Waals surface area contributed by atoms with E-state index in [4.69, 9.17) is 5.11 Å². The van der Waals surface area contributed by atoms with E-state index >= 15 is 0 Å². The van der Waals surface area contributed by atoms with Gasteiger partial charge >= 0.3 is 5.97 Å². The van der Waals surface area contributed by atoms with Gasteiger partial charge in [0.1, 0.15) is 5.69 Å². The molecule has 2 aromatic heterocycles. The van der Waals surface area contributed by atoms with Crippen molar-refractivity contribution in [3.8, 4) is 5.69 Å². The second-order valence-corrected chi connectivity index (χ2v) is 6.32. The third-order valence-corrected chi connectivity index (χ3v) is 4.72. The molecule has 120 valence electrons. The molecule has 0 aliphatic carbocycles. The summed E-state index contributed by atoms with van der Waals surface area (Å²) >= 11 is 1.67. The van der Waals surface area contributed by atoms with Crippen molar-refractivity contribution >= 4 is 23.6 Å². The van der Waals surface area contributed by atoms with Crippen molar-refractivity contribution in [1.82, 2.24) is 19.7 Å². The Bertz CT molecular complexity index is 705. The average Bonchev–Trinajstić information content (AvgIpc) is 3.09. The van der Waals surface area contributed by atoms with Gasteiger partial charge in [0.2, 0.25) is 0 Å². The van der Waals surface area contributed by atoms with Crippen LogP contribution in [0.1, 0.15) is 16.9 Å². The summed E-state index contributed by atoms with van der Waals surface area (Å²) in [4.78, 5) is 29.5. The van der Waals surface area contributed by atoms with Crippen LogP contribution in [0.3, 0.4) is 0 Å². The summed E-state index contributed by atoms with van der Waals surface area (Å²) in [6.45, 7) is 0.537. The van der Waals surface area contributed by atoms with Crippen molar-refractivity contribution in [2.45, 2.75) is 12.5 Å². The van der Waals surface area contributed by atoms with Gasteiger partial charge in [-0.3, -0.25) is 14.6 Å². The number of aromatic nitrogens is 3. The maximum atomic E-state index is 12.7. The van der Waals surface area contributed by atoms with Crippen LogP contribution in [0.4, 0.5) is 0 Å². The molecule has 1 aliphatic heterocycles. The first-order chi connectivity index (χ1) is 11.1. The zero-order valence-corrected chi connectivity index (χ0v) is 13.1. The largest absolute Gasteiger partial charge is 0.481 e. The van der Waals surface area contributed by atoms with Crippen LogP contribution in [-0.2, 0) is 4.79 Å². The first kappa shape index (κ1) is 15.5. The van der Waals surface area contributed by atoms with E-state index in [1.165, 1.54) is 0 Å². The third kappa shape index (κ3) is 3.53. The monoisotopic (exact) mass is 332 g/mol. The van der Waals surface area contributed by atoms with Gasteiger partial charge in [-0.2, -0.15) is 16.9 Å². The lowest BCUT2D eigenvalue weighted by molar-refractivity contribution is -0.138. The summed E-state index contributed by atoms with van der Waals surface area (Å²) in [5.41, 5.74) is 1.05. The molecule has 2 aromatic rings. The maximum Gasteiger partial charge on any atom is 0.305 e. The molecule has 3 heterocycles. The summed E-state index contributed by atoms with van der Waals surface area (Å²) in [7, 11) is 0. The molecule has 1 aliphatic rings. The zero-order chi connectivity index (χ0) is 16.2. The molecule has 3 rings (SSSR count). The number of amides is 1. The smallest absolute Gasteiger partial charge is 0.305 e. The Balaban J connectivity index is 1.84. The molecular weight excluding hydrogens is 316 g/mol. The van der Waals surface area contributed by atoms with Gasteiger partial charge in [0.15, 0.2) is 0 Å². The number of nitrogens with zero attached hydrogens (tertiary/aromatic N) is 4. The molecule has 1 N–H and O–H groups in total. The molecule has 7 nitrogen and oxygen atoms in total. The minimum absolute atomic E-state index is 0.0441. The minimum atomic E-state index is -0.895. The van der Waals surface area contributed by atoms with Crippen LogP contribution >= 0.6 is 11.8 Å². The van der Waals surface area contributed by atoms with Gasteiger partial charge in [0, 0.05) is 36.6 Å². The van der Waals surface area contributed by atoms with Crippen molar-refractivity contribution in [3.63, 3.8) is 0 Å². The Morgan fingerprint density at radius 2 is 2.26 bits per heavy atom. The van der Waals surface area contributed by atoms with Crippen LogP contribution in [0.5, 0.6) is 0 Å². The molecule has 0 spiro atoms. The summed E-state index contributed by atoms with van der Waals surface area (Å²) in [5, 5.41) is 13.2. The van der Waals surface area contributed by atoms with Crippen LogP contribution in [0.25, 0.3) is 5.69 Å². The number of carboxylic acids is 1. The standard InChI is InChI=1S/C15H16N4O3S/c20-14(21)9-12-10-23-7-6-18(12)15(22)13-8-11(2-4-16-13)19-5-1-3-17-19/h1-5,8,12H,6-7,9-10H2,(H,20,21). The van der Waals surface area contributed by atoms with Crippen molar-refractivity contribution < 1.29 is 14.7 Å². The molecule has 1 fully saturated rings. The van der Waals surface area contributed by atoms with E-state index in [0.29, 0.717) is 18.0 Å². The van der Waals surface area contributed by atoms with Gasteiger partial charge in [0.25, 0.3) is 5.91 Å². The van der Waals surface area contributed by atoms with Gasteiger partial charge in [0.05, 0.1) is 18.2 Å². The zero-order valence-electron chi connectivity index (χ0n) is 12.3. The molecule has 1 saturated heterocycles. The highest BCUT2D eigenvalue weighted by molar-refractivity contribution is 7.99. The van der Waals surface area contributed by atoms with E-state index in [1.807, 2.05) is 0 Å². The Kier molecular flexibility index (Phi) is 4.61. The molecule has 23 heavy (non-hydrogen) atoms. The van der Waals surface area contributed by atoms with Crippen LogP contribution in [0.2, 0.25) is 0 Å². The number of carboxylic acid groups (broad SMARTS) is 1. The van der Waals surface area contributed by atoms with Crippen molar-refractivity contribution in [3.05, 3.63) is 42.5 Å². The number of rotatable bonds is 4. The SMILES string of the molecule is O=C(O)CC1CSCCN1C(=O)c1cc(-n2cccn2)ccn1. The van der Waals surface area contributed by atoms with Crippen molar-refractivity contribution in [1.29, 1.82) is 0 Å². The van der Waals surface area contributed by atoms with E-state index < -0.39 is 5.97 Å². The Hall–Kier alpha value is -2.35. The number of carbonyl (C=O) groups is 2. The van der Waals surface area contributed by atoms with Crippen molar-refractivity contribution in [2.24, 2.45) is 0 Å². The van der Waals surface area contributed by atoms with Gasteiger partial charge in [-0.1, -0.05) is 0 Å². The number of hydrogen-bond acceptors (Lipinski definition) is 5. The number of pyridine rings is 1. The van der Waals surface area contributed by atoms with E-state index in [2.05, 4.69) is 10.1 Å². The van der Waals surface area contributed by atoms with E-state index in [0.717, 1.165) is 11.4 Å². The molecular formula is C15H16N4O3S. The van der Waals surface area contributed by atoms with Gasteiger partial charge in [-0.25, -0.2) is 4.68 Å². The second kappa shape index (κ2) is 6.82. The van der Waals surface area contributed by atoms with Gasteiger partial charge in [-0.15, -0.1) is 0 Å². The van der Waals surface area contributed by atoms with Crippen molar-refractivity contribution in [2.75, 3.05) is 18.1 Å². The first-order valence-corrected chi connectivity index (χ1v) is 8.37. The molecule has 0 bridgehead atoms. The molecule has 1 amide bonds. The topological polar surface area (TPSA) is 88.3 Å². The number of thioether (sulfide) groups is 1.